The lowest BCUT2D eigenvalue weighted by Gasteiger charge is -2.23. The van der Waals surface area contributed by atoms with Crippen LogP contribution in [0.1, 0.15) is 45.0 Å². The van der Waals surface area contributed by atoms with Gasteiger partial charge in [0.15, 0.2) is 11.7 Å². The summed E-state index contributed by atoms with van der Waals surface area (Å²) in [4.78, 5) is 27.2. The van der Waals surface area contributed by atoms with Crippen molar-refractivity contribution in [2.45, 2.75) is 51.9 Å². The molecule has 164 valence electrons. The maximum atomic E-state index is 12.5. The summed E-state index contributed by atoms with van der Waals surface area (Å²) in [5.74, 6) is -0.417. The van der Waals surface area contributed by atoms with Crippen molar-refractivity contribution in [2.75, 3.05) is 26.2 Å². The molecule has 0 radical (unpaired) electrons. The quantitative estimate of drug-likeness (QED) is 0.691. The van der Waals surface area contributed by atoms with E-state index in [1.165, 1.54) is 6.07 Å². The van der Waals surface area contributed by atoms with Gasteiger partial charge in [0.2, 0.25) is 11.8 Å². The van der Waals surface area contributed by atoms with Crippen molar-refractivity contribution >= 4 is 23.2 Å². The van der Waals surface area contributed by atoms with Crippen molar-refractivity contribution in [1.82, 2.24) is 15.5 Å². The second kappa shape index (κ2) is 9.34. The fourth-order valence-electron chi connectivity index (χ4n) is 3.05. The summed E-state index contributed by atoms with van der Waals surface area (Å²) in [5.41, 5.74) is -0.299. The molecule has 1 fully saturated rings. The van der Waals surface area contributed by atoms with Gasteiger partial charge >= 0.3 is 6.18 Å². The zero-order chi connectivity index (χ0) is 21.8. The highest BCUT2D eigenvalue weighted by Crippen LogP contribution is 2.31. The minimum Gasteiger partial charge on any atom is -0.475 e. The maximum Gasteiger partial charge on any atom is 0.422 e. The molecule has 0 aromatic carbocycles. The molecule has 2 heterocycles. The van der Waals surface area contributed by atoms with E-state index in [4.69, 9.17) is 4.74 Å². The Hall–Kier alpha value is -1.81. The summed E-state index contributed by atoms with van der Waals surface area (Å²) in [6.07, 6.45) is -3.73. The summed E-state index contributed by atoms with van der Waals surface area (Å²) in [6, 6.07) is 2.78. The molecule has 1 saturated heterocycles. The standard InChI is InChI=1S/C19H28F3N3O3S/c1-12(14-5-6-16(29-14)28-11-19(20,21)22)23-17(27)13-7-8-25(9-13)10-15(26)24-18(2,3)4/h5-6,12-13H,7-11H2,1-4H3,(H,23,27)(H,24,26)/t12-,13-/m1/s1. The second-order valence-electron chi connectivity index (χ2n) is 8.31. The number of amides is 2. The molecule has 6 nitrogen and oxygen atoms in total. The van der Waals surface area contributed by atoms with Gasteiger partial charge in [0, 0.05) is 17.0 Å². The van der Waals surface area contributed by atoms with Crippen molar-refractivity contribution in [3.8, 4) is 5.06 Å². The molecule has 1 aromatic heterocycles. The zero-order valence-electron chi connectivity index (χ0n) is 17.1. The zero-order valence-corrected chi connectivity index (χ0v) is 17.9. The summed E-state index contributed by atoms with van der Waals surface area (Å²) < 4.78 is 41.4. The molecule has 29 heavy (non-hydrogen) atoms. The van der Waals surface area contributed by atoms with Gasteiger partial charge in [-0.2, -0.15) is 13.2 Å². The third-order valence-corrected chi connectivity index (χ3v) is 5.47. The Balaban J connectivity index is 1.80. The molecule has 1 aromatic rings. The number of nitrogens with zero attached hydrogens (tertiary/aromatic N) is 1. The lowest BCUT2D eigenvalue weighted by atomic mass is 10.1. The highest BCUT2D eigenvalue weighted by Gasteiger charge is 2.31. The number of carbonyl (C=O) groups is 2. The van der Waals surface area contributed by atoms with Crippen molar-refractivity contribution in [1.29, 1.82) is 0 Å². The average Bonchev–Trinajstić information content (AvgIpc) is 3.19. The number of alkyl halides is 3. The predicted molar refractivity (Wildman–Crippen MR) is 105 cm³/mol. The van der Waals surface area contributed by atoms with Crippen LogP contribution in [0.3, 0.4) is 0 Å². The van der Waals surface area contributed by atoms with Crippen molar-refractivity contribution in [2.24, 2.45) is 5.92 Å². The van der Waals surface area contributed by atoms with Crippen LogP contribution in [0.2, 0.25) is 0 Å². The monoisotopic (exact) mass is 435 g/mol. The Kier molecular flexibility index (Phi) is 7.56. The van der Waals surface area contributed by atoms with E-state index >= 15 is 0 Å². The van der Waals surface area contributed by atoms with Crippen LogP contribution in [0.15, 0.2) is 12.1 Å². The molecular weight excluding hydrogens is 407 g/mol. The van der Waals surface area contributed by atoms with Gasteiger partial charge in [0.05, 0.1) is 18.5 Å². The van der Waals surface area contributed by atoms with Crippen molar-refractivity contribution in [3.63, 3.8) is 0 Å². The molecule has 2 atom stereocenters. The van der Waals surface area contributed by atoms with Crippen LogP contribution in [-0.2, 0) is 9.59 Å². The Bertz CT molecular complexity index is 716. The number of rotatable bonds is 7. The highest BCUT2D eigenvalue weighted by atomic mass is 32.1. The maximum absolute atomic E-state index is 12.5. The smallest absolute Gasteiger partial charge is 0.422 e. The van der Waals surface area contributed by atoms with Gasteiger partial charge in [-0.1, -0.05) is 0 Å². The number of likely N-dealkylation sites (tertiary alicyclic amines) is 1. The SMILES string of the molecule is C[C@@H](NC(=O)[C@@H]1CCN(CC(=O)NC(C)(C)C)C1)c1ccc(OCC(F)(F)F)s1. The van der Waals surface area contributed by atoms with Gasteiger partial charge in [-0.3, -0.25) is 14.5 Å². The van der Waals surface area contributed by atoms with Crippen LogP contribution >= 0.6 is 11.3 Å². The summed E-state index contributed by atoms with van der Waals surface area (Å²) in [6.45, 7) is 7.60. The van der Waals surface area contributed by atoms with Gasteiger partial charge in [-0.15, -0.1) is 11.3 Å². The lowest BCUT2D eigenvalue weighted by Crippen LogP contribution is -2.45. The number of nitrogens with one attached hydrogen (secondary N) is 2. The lowest BCUT2D eigenvalue weighted by molar-refractivity contribution is -0.152. The first-order valence-corrected chi connectivity index (χ1v) is 10.3. The van der Waals surface area contributed by atoms with E-state index in [1.54, 1.807) is 13.0 Å². The highest BCUT2D eigenvalue weighted by molar-refractivity contribution is 7.13. The molecule has 0 aliphatic carbocycles. The Labute approximate surface area is 172 Å². The first-order valence-electron chi connectivity index (χ1n) is 9.45. The third kappa shape index (κ3) is 8.22. The Morgan fingerprint density at radius 2 is 2.00 bits per heavy atom. The molecule has 1 aliphatic heterocycles. The van der Waals surface area contributed by atoms with Crippen molar-refractivity contribution < 1.29 is 27.5 Å². The van der Waals surface area contributed by atoms with Crippen LogP contribution in [0.5, 0.6) is 5.06 Å². The van der Waals surface area contributed by atoms with E-state index < -0.39 is 12.8 Å². The van der Waals surface area contributed by atoms with E-state index in [2.05, 4.69) is 10.6 Å². The first kappa shape index (κ1) is 23.5. The molecule has 2 amide bonds. The molecule has 0 saturated carbocycles. The van der Waals surface area contributed by atoms with Gasteiger partial charge < -0.3 is 15.4 Å². The number of halogens is 3. The fraction of sp³-hybridized carbons (Fsp3) is 0.684. The van der Waals surface area contributed by atoms with Crippen LogP contribution in [-0.4, -0.2) is 54.7 Å². The molecule has 0 unspecified atom stereocenters. The van der Waals surface area contributed by atoms with E-state index in [9.17, 15) is 22.8 Å². The predicted octanol–water partition coefficient (Wildman–Crippen LogP) is 3.10. The molecule has 0 spiro atoms. The largest absolute Gasteiger partial charge is 0.475 e. The van der Waals surface area contributed by atoms with Crippen LogP contribution in [0, 0.1) is 5.92 Å². The molecule has 1 aliphatic rings. The number of thiophene rings is 1. The van der Waals surface area contributed by atoms with E-state index in [0.717, 1.165) is 16.2 Å². The normalized spacial score (nSPS) is 19.1. The van der Waals surface area contributed by atoms with Crippen molar-refractivity contribution in [3.05, 3.63) is 17.0 Å². The van der Waals surface area contributed by atoms with E-state index in [1.807, 2.05) is 25.7 Å². The van der Waals surface area contributed by atoms with Crippen LogP contribution < -0.4 is 15.4 Å². The van der Waals surface area contributed by atoms with Gasteiger partial charge in [-0.25, -0.2) is 0 Å². The van der Waals surface area contributed by atoms with Gasteiger partial charge in [0.1, 0.15) is 0 Å². The van der Waals surface area contributed by atoms with Gasteiger partial charge in [-0.05, 0) is 52.8 Å². The number of hydrogen-bond donors (Lipinski definition) is 2. The minimum atomic E-state index is -4.39. The molecule has 2 N–H and O–H groups in total. The fourth-order valence-corrected chi connectivity index (χ4v) is 3.91. The molecule has 0 bridgehead atoms. The Morgan fingerprint density at radius 3 is 2.62 bits per heavy atom. The minimum absolute atomic E-state index is 0.0723. The van der Waals surface area contributed by atoms with E-state index in [0.29, 0.717) is 19.5 Å². The number of hydrogen-bond acceptors (Lipinski definition) is 5. The van der Waals surface area contributed by atoms with Gasteiger partial charge in [0.25, 0.3) is 0 Å². The number of ether oxygens (including phenoxy) is 1. The molecular formula is C19H28F3N3O3S. The van der Waals surface area contributed by atoms with Crippen LogP contribution in [0.4, 0.5) is 13.2 Å². The topological polar surface area (TPSA) is 70.7 Å². The first-order chi connectivity index (χ1) is 13.3. The Morgan fingerprint density at radius 1 is 1.31 bits per heavy atom. The van der Waals surface area contributed by atoms with E-state index in [-0.39, 0.29) is 40.9 Å². The van der Waals surface area contributed by atoms with Crippen LogP contribution in [0.25, 0.3) is 0 Å². The molecule has 2 rings (SSSR count). The summed E-state index contributed by atoms with van der Waals surface area (Å²) in [5, 5.41) is 5.97. The summed E-state index contributed by atoms with van der Waals surface area (Å²) >= 11 is 1.08. The summed E-state index contributed by atoms with van der Waals surface area (Å²) in [7, 11) is 0. The average molecular weight is 436 g/mol. The molecule has 10 heteroatoms. The third-order valence-electron chi connectivity index (χ3n) is 4.29. The second-order valence-corrected chi connectivity index (χ2v) is 9.39. The number of carbonyl (C=O) groups excluding carboxylic acids is 2.